The average molecular weight is 348 g/mol. The Labute approximate surface area is 152 Å². The summed E-state index contributed by atoms with van der Waals surface area (Å²) in [6.07, 6.45) is 5.38. The molecule has 1 aliphatic heterocycles. The maximum absolute atomic E-state index is 13.0. The number of carbonyl (C=O) groups excluding carboxylic acids is 1. The fourth-order valence-electron chi connectivity index (χ4n) is 3.60. The molecule has 1 amide bonds. The molecule has 1 aliphatic rings. The summed E-state index contributed by atoms with van der Waals surface area (Å²) in [7, 11) is 0. The van der Waals surface area contributed by atoms with E-state index >= 15 is 0 Å². The van der Waals surface area contributed by atoms with Crippen molar-refractivity contribution in [2.24, 2.45) is 0 Å². The highest BCUT2D eigenvalue weighted by Gasteiger charge is 2.19. The molecular weight excluding hydrogens is 327 g/mol. The second-order valence-corrected chi connectivity index (χ2v) is 6.82. The number of rotatable bonds is 3. The van der Waals surface area contributed by atoms with Crippen molar-refractivity contribution < 1.29 is 9.18 Å². The van der Waals surface area contributed by atoms with Crippen molar-refractivity contribution in [1.29, 1.82) is 0 Å². The quantitative estimate of drug-likeness (QED) is 0.745. The zero-order chi connectivity index (χ0) is 18.1. The normalized spacial score (nSPS) is 14.5. The van der Waals surface area contributed by atoms with Gasteiger partial charge in [-0.1, -0.05) is 36.4 Å². The Balaban J connectivity index is 1.48. The first-order chi connectivity index (χ1) is 12.6. The van der Waals surface area contributed by atoms with Gasteiger partial charge in [0.1, 0.15) is 5.82 Å². The Morgan fingerprint density at radius 3 is 2.73 bits per heavy atom. The predicted molar refractivity (Wildman–Crippen MR) is 102 cm³/mol. The van der Waals surface area contributed by atoms with E-state index in [-0.39, 0.29) is 11.7 Å². The molecule has 0 unspecified atom stereocenters. The van der Waals surface area contributed by atoms with Crippen LogP contribution in [0.15, 0.2) is 54.7 Å². The van der Waals surface area contributed by atoms with Crippen LogP contribution in [-0.2, 0) is 11.2 Å². The number of hydrogen-bond donors (Lipinski definition) is 1. The fourth-order valence-corrected chi connectivity index (χ4v) is 3.60. The van der Waals surface area contributed by atoms with E-state index in [1.165, 1.54) is 39.7 Å². The number of nitrogens with one attached hydrogen (secondary N) is 1. The van der Waals surface area contributed by atoms with Gasteiger partial charge in [-0.2, -0.15) is 0 Å². The third kappa shape index (κ3) is 3.15. The highest BCUT2D eigenvalue weighted by atomic mass is 19.1. The number of benzene rings is 2. The molecule has 2 aromatic carbocycles. The summed E-state index contributed by atoms with van der Waals surface area (Å²) in [5, 5.41) is 1.24. The van der Waals surface area contributed by atoms with Crippen LogP contribution in [0.4, 0.5) is 4.39 Å². The Morgan fingerprint density at radius 1 is 1.19 bits per heavy atom. The van der Waals surface area contributed by atoms with E-state index in [0.29, 0.717) is 19.5 Å². The highest BCUT2D eigenvalue weighted by Crippen LogP contribution is 2.30. The third-order valence-electron chi connectivity index (χ3n) is 5.10. The summed E-state index contributed by atoms with van der Waals surface area (Å²) in [6.45, 7) is 3.44. The Morgan fingerprint density at radius 2 is 2.00 bits per heavy atom. The SMILES string of the molecule is Cc1cccc2c(C3=CCN(C(=O)Cc4ccc(F)cc4)CC3)c[nH]c12. The number of halogens is 1. The largest absolute Gasteiger partial charge is 0.360 e. The summed E-state index contributed by atoms with van der Waals surface area (Å²) in [6, 6.07) is 12.5. The van der Waals surface area contributed by atoms with Crippen LogP contribution >= 0.6 is 0 Å². The lowest BCUT2D eigenvalue weighted by molar-refractivity contribution is -0.130. The molecule has 0 spiro atoms. The Kier molecular flexibility index (Phi) is 4.33. The minimum absolute atomic E-state index is 0.0849. The van der Waals surface area contributed by atoms with Gasteiger partial charge in [0.2, 0.25) is 5.91 Å². The van der Waals surface area contributed by atoms with Crippen molar-refractivity contribution in [3.05, 3.63) is 77.2 Å². The van der Waals surface area contributed by atoms with Crippen LogP contribution in [0.3, 0.4) is 0 Å². The van der Waals surface area contributed by atoms with Gasteiger partial charge in [-0.15, -0.1) is 0 Å². The molecule has 0 fully saturated rings. The molecule has 0 bridgehead atoms. The van der Waals surface area contributed by atoms with Crippen molar-refractivity contribution >= 4 is 22.4 Å². The molecule has 0 aliphatic carbocycles. The van der Waals surface area contributed by atoms with E-state index < -0.39 is 0 Å². The first-order valence-electron chi connectivity index (χ1n) is 8.90. The van der Waals surface area contributed by atoms with E-state index in [1.807, 2.05) is 4.90 Å². The number of fused-ring (bicyclic) bond motifs is 1. The highest BCUT2D eigenvalue weighted by molar-refractivity contribution is 5.94. The molecule has 0 saturated carbocycles. The van der Waals surface area contributed by atoms with E-state index in [4.69, 9.17) is 0 Å². The molecule has 4 rings (SSSR count). The van der Waals surface area contributed by atoms with Crippen molar-refractivity contribution in [2.45, 2.75) is 19.8 Å². The molecule has 4 heteroatoms. The molecule has 2 heterocycles. The summed E-state index contributed by atoms with van der Waals surface area (Å²) >= 11 is 0. The van der Waals surface area contributed by atoms with E-state index in [2.05, 4.69) is 42.4 Å². The number of hydrogen-bond acceptors (Lipinski definition) is 1. The smallest absolute Gasteiger partial charge is 0.227 e. The number of aryl methyl sites for hydroxylation is 1. The van der Waals surface area contributed by atoms with Crippen LogP contribution in [0, 0.1) is 12.7 Å². The van der Waals surface area contributed by atoms with Crippen molar-refractivity contribution in [3.8, 4) is 0 Å². The molecule has 1 N–H and O–H groups in total. The first-order valence-corrected chi connectivity index (χ1v) is 8.90. The van der Waals surface area contributed by atoms with Crippen LogP contribution in [0.5, 0.6) is 0 Å². The summed E-state index contributed by atoms with van der Waals surface area (Å²) in [5.74, 6) is -0.192. The van der Waals surface area contributed by atoms with E-state index in [1.54, 1.807) is 12.1 Å². The molecular formula is C22H21FN2O. The second kappa shape index (κ2) is 6.79. The standard InChI is InChI=1S/C22H21FN2O/c1-15-3-2-4-19-20(14-24-22(15)19)17-9-11-25(12-10-17)21(26)13-16-5-7-18(23)8-6-16/h2-9,14,24H,10-13H2,1H3. The van der Waals surface area contributed by atoms with Gasteiger partial charge in [-0.3, -0.25) is 4.79 Å². The second-order valence-electron chi connectivity index (χ2n) is 6.82. The summed E-state index contributed by atoms with van der Waals surface area (Å²) in [5.41, 5.74) is 5.78. The minimum atomic E-state index is -0.277. The Hall–Kier alpha value is -2.88. The zero-order valence-corrected chi connectivity index (χ0v) is 14.8. The summed E-state index contributed by atoms with van der Waals surface area (Å²) in [4.78, 5) is 17.7. The van der Waals surface area contributed by atoms with Crippen LogP contribution < -0.4 is 0 Å². The zero-order valence-electron chi connectivity index (χ0n) is 14.8. The van der Waals surface area contributed by atoms with Crippen molar-refractivity contribution in [2.75, 3.05) is 13.1 Å². The van der Waals surface area contributed by atoms with E-state index in [0.717, 1.165) is 12.0 Å². The molecule has 0 atom stereocenters. The van der Waals surface area contributed by atoms with E-state index in [9.17, 15) is 9.18 Å². The van der Waals surface area contributed by atoms with Gasteiger partial charge < -0.3 is 9.88 Å². The van der Waals surface area contributed by atoms with Gasteiger partial charge in [0.25, 0.3) is 0 Å². The number of aromatic amines is 1. The van der Waals surface area contributed by atoms with Gasteiger partial charge in [0.05, 0.1) is 6.42 Å². The number of nitrogens with zero attached hydrogens (tertiary/aromatic N) is 1. The van der Waals surface area contributed by atoms with Gasteiger partial charge in [0, 0.05) is 35.8 Å². The maximum atomic E-state index is 13.0. The van der Waals surface area contributed by atoms with Gasteiger partial charge in [0.15, 0.2) is 0 Å². The molecule has 0 radical (unpaired) electrons. The van der Waals surface area contributed by atoms with Crippen molar-refractivity contribution in [1.82, 2.24) is 9.88 Å². The monoisotopic (exact) mass is 348 g/mol. The predicted octanol–water partition coefficient (Wildman–Crippen LogP) is 4.47. The average Bonchev–Trinajstić information content (AvgIpc) is 3.09. The minimum Gasteiger partial charge on any atom is -0.360 e. The van der Waals surface area contributed by atoms with Crippen molar-refractivity contribution in [3.63, 3.8) is 0 Å². The van der Waals surface area contributed by atoms with Crippen LogP contribution in [0.25, 0.3) is 16.5 Å². The number of amides is 1. The lowest BCUT2D eigenvalue weighted by Gasteiger charge is -2.26. The van der Waals surface area contributed by atoms with Crippen LogP contribution in [0.1, 0.15) is 23.1 Å². The van der Waals surface area contributed by atoms with Gasteiger partial charge in [-0.05, 0) is 42.2 Å². The summed E-state index contributed by atoms with van der Waals surface area (Å²) < 4.78 is 13.0. The molecule has 0 saturated heterocycles. The first kappa shape index (κ1) is 16.6. The molecule has 3 aromatic rings. The number of carbonyl (C=O) groups is 1. The molecule has 26 heavy (non-hydrogen) atoms. The lowest BCUT2D eigenvalue weighted by atomic mass is 9.98. The van der Waals surface area contributed by atoms with Crippen LogP contribution in [0.2, 0.25) is 0 Å². The third-order valence-corrected chi connectivity index (χ3v) is 5.10. The molecule has 1 aromatic heterocycles. The Bertz CT molecular complexity index is 985. The number of aromatic nitrogens is 1. The number of H-pyrrole nitrogens is 1. The van der Waals surface area contributed by atoms with Gasteiger partial charge in [-0.25, -0.2) is 4.39 Å². The van der Waals surface area contributed by atoms with Crippen LogP contribution in [-0.4, -0.2) is 28.9 Å². The van der Waals surface area contributed by atoms with Gasteiger partial charge >= 0.3 is 0 Å². The topological polar surface area (TPSA) is 36.1 Å². The molecule has 3 nitrogen and oxygen atoms in total. The maximum Gasteiger partial charge on any atom is 0.227 e. The molecule has 132 valence electrons. The number of para-hydroxylation sites is 1. The fraction of sp³-hybridized carbons (Fsp3) is 0.227. The lowest BCUT2D eigenvalue weighted by Crippen LogP contribution is -2.35.